The third-order valence-corrected chi connectivity index (χ3v) is 3.66. The van der Waals surface area contributed by atoms with E-state index in [1.807, 2.05) is 11.9 Å². The SMILES string of the molecule is CCCC(=O)N(C)C1CCCc2ccccc21. The van der Waals surface area contributed by atoms with E-state index in [0.717, 1.165) is 19.3 Å². The molecular formula is C15H21NO. The van der Waals surface area contributed by atoms with Crippen LogP contribution in [0, 0.1) is 0 Å². The van der Waals surface area contributed by atoms with E-state index in [0.29, 0.717) is 12.5 Å². The van der Waals surface area contributed by atoms with Crippen LogP contribution in [0.1, 0.15) is 49.8 Å². The van der Waals surface area contributed by atoms with Gasteiger partial charge in [-0.3, -0.25) is 4.79 Å². The van der Waals surface area contributed by atoms with E-state index in [1.54, 1.807) is 0 Å². The van der Waals surface area contributed by atoms with Crippen molar-refractivity contribution in [2.45, 2.75) is 45.1 Å². The molecule has 0 bridgehead atoms. The van der Waals surface area contributed by atoms with Crippen LogP contribution in [0.25, 0.3) is 0 Å². The lowest BCUT2D eigenvalue weighted by molar-refractivity contribution is -0.132. The summed E-state index contributed by atoms with van der Waals surface area (Å²) in [6, 6.07) is 8.83. The van der Waals surface area contributed by atoms with E-state index >= 15 is 0 Å². The van der Waals surface area contributed by atoms with Gasteiger partial charge in [0.05, 0.1) is 6.04 Å². The first-order valence-electron chi connectivity index (χ1n) is 6.57. The summed E-state index contributed by atoms with van der Waals surface area (Å²) in [5, 5.41) is 0. The van der Waals surface area contributed by atoms with Gasteiger partial charge < -0.3 is 4.90 Å². The second-order valence-corrected chi connectivity index (χ2v) is 4.86. The molecule has 0 saturated carbocycles. The summed E-state index contributed by atoms with van der Waals surface area (Å²) in [6.45, 7) is 2.06. The van der Waals surface area contributed by atoms with Gasteiger partial charge in [0.2, 0.25) is 5.91 Å². The highest BCUT2D eigenvalue weighted by Crippen LogP contribution is 2.33. The second kappa shape index (κ2) is 5.35. The Morgan fingerprint density at radius 1 is 1.41 bits per heavy atom. The molecule has 1 aliphatic rings. The second-order valence-electron chi connectivity index (χ2n) is 4.86. The Hall–Kier alpha value is -1.31. The van der Waals surface area contributed by atoms with Gasteiger partial charge in [0.1, 0.15) is 0 Å². The molecule has 1 aliphatic carbocycles. The van der Waals surface area contributed by atoms with Crippen molar-refractivity contribution in [3.05, 3.63) is 35.4 Å². The first-order chi connectivity index (χ1) is 8.24. The summed E-state index contributed by atoms with van der Waals surface area (Å²) in [4.78, 5) is 13.9. The van der Waals surface area contributed by atoms with Crippen LogP contribution >= 0.6 is 0 Å². The molecule has 2 rings (SSSR count). The number of hydrogen-bond donors (Lipinski definition) is 0. The molecule has 0 spiro atoms. The molecule has 1 unspecified atom stereocenters. The fourth-order valence-electron chi connectivity index (χ4n) is 2.69. The predicted octanol–water partition coefficient (Wildman–Crippen LogP) is 3.32. The van der Waals surface area contributed by atoms with Crippen molar-refractivity contribution in [1.29, 1.82) is 0 Å². The maximum Gasteiger partial charge on any atom is 0.222 e. The zero-order chi connectivity index (χ0) is 12.3. The minimum atomic E-state index is 0.272. The highest BCUT2D eigenvalue weighted by atomic mass is 16.2. The van der Waals surface area contributed by atoms with Crippen molar-refractivity contribution in [2.75, 3.05) is 7.05 Å². The van der Waals surface area contributed by atoms with Gasteiger partial charge in [-0.25, -0.2) is 0 Å². The molecule has 0 heterocycles. The minimum Gasteiger partial charge on any atom is -0.339 e. The van der Waals surface area contributed by atoms with E-state index in [1.165, 1.54) is 17.5 Å². The summed E-state index contributed by atoms with van der Waals surface area (Å²) >= 11 is 0. The number of rotatable bonds is 3. The number of nitrogens with zero attached hydrogens (tertiary/aromatic N) is 1. The van der Waals surface area contributed by atoms with E-state index in [4.69, 9.17) is 0 Å². The van der Waals surface area contributed by atoms with Gasteiger partial charge in [0, 0.05) is 13.5 Å². The van der Waals surface area contributed by atoms with E-state index in [9.17, 15) is 4.79 Å². The third kappa shape index (κ3) is 2.51. The summed E-state index contributed by atoms with van der Waals surface area (Å²) in [6.07, 6.45) is 5.03. The van der Waals surface area contributed by atoms with Gasteiger partial charge in [-0.05, 0) is 36.8 Å². The quantitative estimate of drug-likeness (QED) is 0.781. The molecule has 1 atom stereocenters. The minimum absolute atomic E-state index is 0.272. The lowest BCUT2D eigenvalue weighted by atomic mass is 9.87. The van der Waals surface area contributed by atoms with Gasteiger partial charge >= 0.3 is 0 Å². The number of benzene rings is 1. The van der Waals surface area contributed by atoms with E-state index < -0.39 is 0 Å². The molecule has 17 heavy (non-hydrogen) atoms. The van der Waals surface area contributed by atoms with Crippen molar-refractivity contribution in [3.63, 3.8) is 0 Å². The standard InChI is InChI=1S/C15H21NO/c1-3-7-15(17)16(2)14-11-6-9-12-8-4-5-10-13(12)14/h4-5,8,10,14H,3,6-7,9,11H2,1-2H3. The van der Waals surface area contributed by atoms with Gasteiger partial charge in [0.25, 0.3) is 0 Å². The van der Waals surface area contributed by atoms with Gasteiger partial charge in [-0.2, -0.15) is 0 Å². The Morgan fingerprint density at radius 3 is 2.94 bits per heavy atom. The van der Waals surface area contributed by atoms with Gasteiger partial charge in [-0.15, -0.1) is 0 Å². The van der Waals surface area contributed by atoms with Crippen molar-refractivity contribution < 1.29 is 4.79 Å². The number of aryl methyl sites for hydroxylation is 1. The zero-order valence-corrected chi connectivity index (χ0v) is 10.8. The Kier molecular flexibility index (Phi) is 3.82. The van der Waals surface area contributed by atoms with Crippen molar-refractivity contribution in [2.24, 2.45) is 0 Å². The van der Waals surface area contributed by atoms with Crippen LogP contribution in [0.2, 0.25) is 0 Å². The van der Waals surface area contributed by atoms with E-state index in [2.05, 4.69) is 31.2 Å². The third-order valence-electron chi connectivity index (χ3n) is 3.66. The maximum absolute atomic E-state index is 12.0. The molecule has 0 N–H and O–H groups in total. The fraction of sp³-hybridized carbons (Fsp3) is 0.533. The van der Waals surface area contributed by atoms with Crippen LogP contribution in [0.3, 0.4) is 0 Å². The lowest BCUT2D eigenvalue weighted by Gasteiger charge is -2.33. The summed E-state index contributed by atoms with van der Waals surface area (Å²) in [5.74, 6) is 0.272. The lowest BCUT2D eigenvalue weighted by Crippen LogP contribution is -2.33. The van der Waals surface area contributed by atoms with Crippen LogP contribution in [-0.2, 0) is 11.2 Å². The number of carbonyl (C=O) groups excluding carboxylic acids is 1. The van der Waals surface area contributed by atoms with Crippen molar-refractivity contribution in [1.82, 2.24) is 4.90 Å². The van der Waals surface area contributed by atoms with Crippen molar-refractivity contribution in [3.8, 4) is 0 Å². The van der Waals surface area contributed by atoms with Gasteiger partial charge in [0.15, 0.2) is 0 Å². The van der Waals surface area contributed by atoms with Gasteiger partial charge in [-0.1, -0.05) is 31.2 Å². The summed E-state index contributed by atoms with van der Waals surface area (Å²) in [5.41, 5.74) is 2.77. The molecular weight excluding hydrogens is 210 g/mol. The molecule has 1 amide bonds. The summed E-state index contributed by atoms with van der Waals surface area (Å²) in [7, 11) is 1.95. The number of hydrogen-bond acceptors (Lipinski definition) is 1. The predicted molar refractivity (Wildman–Crippen MR) is 69.8 cm³/mol. The van der Waals surface area contributed by atoms with Crippen LogP contribution < -0.4 is 0 Å². The molecule has 2 heteroatoms. The normalized spacial score (nSPS) is 18.6. The molecule has 92 valence electrons. The Labute approximate surface area is 104 Å². The highest BCUT2D eigenvalue weighted by molar-refractivity contribution is 5.76. The molecule has 0 aromatic heterocycles. The molecule has 0 aliphatic heterocycles. The zero-order valence-electron chi connectivity index (χ0n) is 10.8. The molecule has 0 radical (unpaired) electrons. The number of carbonyl (C=O) groups is 1. The largest absolute Gasteiger partial charge is 0.339 e. The molecule has 1 aromatic rings. The smallest absolute Gasteiger partial charge is 0.222 e. The van der Waals surface area contributed by atoms with Crippen molar-refractivity contribution >= 4 is 5.91 Å². The molecule has 2 nitrogen and oxygen atoms in total. The average Bonchev–Trinajstić information content (AvgIpc) is 2.37. The molecule has 0 saturated heterocycles. The summed E-state index contributed by atoms with van der Waals surface area (Å²) < 4.78 is 0. The van der Waals surface area contributed by atoms with Crippen LogP contribution in [0.15, 0.2) is 24.3 Å². The van der Waals surface area contributed by atoms with Crippen LogP contribution in [0.4, 0.5) is 0 Å². The van der Waals surface area contributed by atoms with E-state index in [-0.39, 0.29) is 5.91 Å². The highest BCUT2D eigenvalue weighted by Gasteiger charge is 2.25. The Morgan fingerprint density at radius 2 is 2.18 bits per heavy atom. The fourth-order valence-corrected chi connectivity index (χ4v) is 2.69. The first-order valence-corrected chi connectivity index (χ1v) is 6.57. The first kappa shape index (κ1) is 12.2. The van der Waals surface area contributed by atoms with Crippen LogP contribution in [0.5, 0.6) is 0 Å². The molecule has 1 aromatic carbocycles. The Balaban J connectivity index is 2.20. The number of fused-ring (bicyclic) bond motifs is 1. The number of amides is 1. The molecule has 0 fully saturated rings. The Bertz CT molecular complexity index is 400. The maximum atomic E-state index is 12.0. The monoisotopic (exact) mass is 231 g/mol. The van der Waals surface area contributed by atoms with Crippen LogP contribution in [-0.4, -0.2) is 17.9 Å². The average molecular weight is 231 g/mol. The topological polar surface area (TPSA) is 20.3 Å².